The fourth-order valence-electron chi connectivity index (χ4n) is 0.875. The van der Waals surface area contributed by atoms with Crippen molar-refractivity contribution in [3.63, 3.8) is 0 Å². The minimum absolute atomic E-state index is 0.161. The van der Waals surface area contributed by atoms with Gasteiger partial charge in [-0.2, -0.15) is 0 Å². The highest BCUT2D eigenvalue weighted by atomic mass is 16.1. The van der Waals surface area contributed by atoms with Crippen molar-refractivity contribution < 1.29 is 4.79 Å². The van der Waals surface area contributed by atoms with Gasteiger partial charge in [0.1, 0.15) is 0 Å². The van der Waals surface area contributed by atoms with Gasteiger partial charge in [-0.1, -0.05) is 18.9 Å². The average Bonchev–Trinajstić information content (AvgIpc) is 1.82. The van der Waals surface area contributed by atoms with Crippen LogP contribution in [0.15, 0.2) is 11.6 Å². The summed E-state index contributed by atoms with van der Waals surface area (Å²) in [5, 5.41) is 0. The number of carbonyl (C=O) groups is 1. The molecule has 0 aromatic heterocycles. The Labute approximate surface area is 63.1 Å². The first-order chi connectivity index (χ1) is 4.66. The number of hydrogen-bond acceptors (Lipinski definition) is 1. The van der Waals surface area contributed by atoms with Gasteiger partial charge in [-0.05, 0) is 32.8 Å². The summed E-state index contributed by atoms with van der Waals surface area (Å²) < 4.78 is 0. The SMILES string of the molecule is CCCCC(C)=CC(C)=O. The van der Waals surface area contributed by atoms with E-state index >= 15 is 0 Å². The molecule has 0 aromatic carbocycles. The van der Waals surface area contributed by atoms with Crippen molar-refractivity contribution in [3.8, 4) is 0 Å². The zero-order chi connectivity index (χ0) is 7.98. The molecule has 0 bridgehead atoms. The summed E-state index contributed by atoms with van der Waals surface area (Å²) in [7, 11) is 0. The van der Waals surface area contributed by atoms with E-state index < -0.39 is 0 Å². The molecule has 0 rings (SSSR count). The smallest absolute Gasteiger partial charge is 0.152 e. The molecular formula is C9H16O. The zero-order valence-corrected chi connectivity index (χ0v) is 7.11. The second-order valence-electron chi connectivity index (χ2n) is 2.70. The van der Waals surface area contributed by atoms with E-state index in [-0.39, 0.29) is 5.78 Å². The molecule has 0 saturated heterocycles. The van der Waals surface area contributed by atoms with Crippen LogP contribution in [0, 0.1) is 0 Å². The molecule has 0 radical (unpaired) electrons. The summed E-state index contributed by atoms with van der Waals surface area (Å²) in [5.74, 6) is 0.161. The number of carbonyl (C=O) groups excluding carboxylic acids is 1. The predicted molar refractivity (Wildman–Crippen MR) is 44.0 cm³/mol. The lowest BCUT2D eigenvalue weighted by atomic mass is 10.1. The van der Waals surface area contributed by atoms with Crippen LogP contribution in [-0.4, -0.2) is 5.78 Å². The van der Waals surface area contributed by atoms with Crippen molar-refractivity contribution in [3.05, 3.63) is 11.6 Å². The number of allylic oxidation sites excluding steroid dienone is 2. The first kappa shape index (κ1) is 9.41. The fourth-order valence-corrected chi connectivity index (χ4v) is 0.875. The molecule has 1 nitrogen and oxygen atoms in total. The Bertz CT molecular complexity index is 134. The molecule has 0 unspecified atom stereocenters. The van der Waals surface area contributed by atoms with E-state index in [4.69, 9.17) is 0 Å². The van der Waals surface area contributed by atoms with Crippen LogP contribution in [0.3, 0.4) is 0 Å². The molecule has 0 atom stereocenters. The first-order valence-corrected chi connectivity index (χ1v) is 3.84. The predicted octanol–water partition coefficient (Wildman–Crippen LogP) is 2.71. The minimum Gasteiger partial charge on any atom is -0.295 e. The minimum atomic E-state index is 0.161. The van der Waals surface area contributed by atoms with Gasteiger partial charge in [0.05, 0.1) is 0 Å². The Morgan fingerprint density at radius 1 is 1.40 bits per heavy atom. The van der Waals surface area contributed by atoms with E-state index in [0.29, 0.717) is 0 Å². The number of rotatable bonds is 4. The monoisotopic (exact) mass is 140 g/mol. The van der Waals surface area contributed by atoms with Crippen LogP contribution in [0.1, 0.15) is 40.0 Å². The summed E-state index contributed by atoms with van der Waals surface area (Å²) in [4.78, 5) is 10.5. The van der Waals surface area contributed by atoms with Crippen LogP contribution in [0.4, 0.5) is 0 Å². The highest BCUT2D eigenvalue weighted by Gasteiger charge is 1.90. The van der Waals surface area contributed by atoms with Crippen molar-refractivity contribution in [2.45, 2.75) is 40.0 Å². The van der Waals surface area contributed by atoms with E-state index in [1.807, 2.05) is 6.92 Å². The standard InChI is InChI=1S/C9H16O/c1-4-5-6-8(2)7-9(3)10/h7H,4-6H2,1-3H3. The van der Waals surface area contributed by atoms with Crippen molar-refractivity contribution in [2.24, 2.45) is 0 Å². The topological polar surface area (TPSA) is 17.1 Å². The van der Waals surface area contributed by atoms with E-state index in [9.17, 15) is 4.79 Å². The highest BCUT2D eigenvalue weighted by molar-refractivity contribution is 5.87. The Kier molecular flexibility index (Phi) is 4.91. The summed E-state index contributed by atoms with van der Waals surface area (Å²) in [5.41, 5.74) is 1.20. The molecule has 0 fully saturated rings. The van der Waals surface area contributed by atoms with Crippen molar-refractivity contribution in [2.75, 3.05) is 0 Å². The maximum Gasteiger partial charge on any atom is 0.152 e. The molecular weight excluding hydrogens is 124 g/mol. The first-order valence-electron chi connectivity index (χ1n) is 3.84. The second kappa shape index (κ2) is 5.21. The summed E-state index contributed by atoms with van der Waals surface area (Å²) in [6.07, 6.45) is 5.17. The van der Waals surface area contributed by atoms with Crippen molar-refractivity contribution in [1.29, 1.82) is 0 Å². The Balaban J connectivity index is 3.60. The molecule has 0 aromatic rings. The lowest BCUT2D eigenvalue weighted by molar-refractivity contribution is -0.112. The maximum atomic E-state index is 10.5. The number of ketones is 1. The molecule has 0 aliphatic carbocycles. The van der Waals surface area contributed by atoms with Gasteiger partial charge in [0.15, 0.2) is 5.78 Å². The van der Waals surface area contributed by atoms with Crippen LogP contribution < -0.4 is 0 Å². The number of hydrogen-bond donors (Lipinski definition) is 0. The molecule has 0 saturated carbocycles. The molecule has 1 heteroatoms. The van der Waals surface area contributed by atoms with Gasteiger partial charge in [-0.3, -0.25) is 4.79 Å². The van der Waals surface area contributed by atoms with E-state index in [1.165, 1.54) is 18.4 Å². The summed E-state index contributed by atoms with van der Waals surface area (Å²) in [6, 6.07) is 0. The molecule has 0 spiro atoms. The molecule has 0 amide bonds. The third-order valence-corrected chi connectivity index (χ3v) is 1.37. The van der Waals surface area contributed by atoms with E-state index in [0.717, 1.165) is 6.42 Å². The molecule has 0 N–H and O–H groups in total. The second-order valence-corrected chi connectivity index (χ2v) is 2.70. The molecule has 10 heavy (non-hydrogen) atoms. The van der Waals surface area contributed by atoms with Gasteiger partial charge in [-0.25, -0.2) is 0 Å². The largest absolute Gasteiger partial charge is 0.295 e. The Morgan fingerprint density at radius 2 is 2.00 bits per heavy atom. The lowest BCUT2D eigenvalue weighted by Crippen LogP contribution is -1.85. The maximum absolute atomic E-state index is 10.5. The van der Waals surface area contributed by atoms with E-state index in [1.54, 1.807) is 13.0 Å². The van der Waals surface area contributed by atoms with Crippen molar-refractivity contribution >= 4 is 5.78 Å². The fraction of sp³-hybridized carbons (Fsp3) is 0.667. The van der Waals surface area contributed by atoms with Gasteiger partial charge < -0.3 is 0 Å². The highest BCUT2D eigenvalue weighted by Crippen LogP contribution is 2.05. The third-order valence-electron chi connectivity index (χ3n) is 1.37. The van der Waals surface area contributed by atoms with Gasteiger partial charge in [0, 0.05) is 0 Å². The zero-order valence-electron chi connectivity index (χ0n) is 7.11. The van der Waals surface area contributed by atoms with Gasteiger partial charge >= 0.3 is 0 Å². The normalized spacial score (nSPS) is 11.7. The van der Waals surface area contributed by atoms with E-state index in [2.05, 4.69) is 6.92 Å². The molecule has 58 valence electrons. The van der Waals surface area contributed by atoms with Crippen LogP contribution in [0.2, 0.25) is 0 Å². The van der Waals surface area contributed by atoms with Crippen LogP contribution >= 0.6 is 0 Å². The summed E-state index contributed by atoms with van der Waals surface area (Å²) >= 11 is 0. The molecule has 0 aliphatic rings. The van der Waals surface area contributed by atoms with Gasteiger partial charge in [0.25, 0.3) is 0 Å². The molecule has 0 aliphatic heterocycles. The Hall–Kier alpha value is -0.590. The third kappa shape index (κ3) is 5.54. The quantitative estimate of drug-likeness (QED) is 0.549. The number of unbranched alkanes of at least 4 members (excludes halogenated alkanes) is 1. The molecule has 0 heterocycles. The van der Waals surface area contributed by atoms with Crippen LogP contribution in [0.25, 0.3) is 0 Å². The van der Waals surface area contributed by atoms with Crippen LogP contribution in [0.5, 0.6) is 0 Å². The van der Waals surface area contributed by atoms with Gasteiger partial charge in [-0.15, -0.1) is 0 Å². The average molecular weight is 140 g/mol. The Morgan fingerprint density at radius 3 is 2.40 bits per heavy atom. The van der Waals surface area contributed by atoms with Crippen molar-refractivity contribution in [1.82, 2.24) is 0 Å². The van der Waals surface area contributed by atoms with Gasteiger partial charge in [0.2, 0.25) is 0 Å². The lowest BCUT2D eigenvalue weighted by Gasteiger charge is -1.95. The van der Waals surface area contributed by atoms with Crippen LogP contribution in [-0.2, 0) is 4.79 Å². The summed E-state index contributed by atoms with van der Waals surface area (Å²) in [6.45, 7) is 5.76.